The second-order valence-electron chi connectivity index (χ2n) is 6.53. The van der Waals surface area contributed by atoms with Gasteiger partial charge in [0.2, 0.25) is 11.8 Å². The number of carbonyl (C=O) groups excluding carboxylic acids is 2. The van der Waals surface area contributed by atoms with Gasteiger partial charge in [0.1, 0.15) is 6.04 Å². The van der Waals surface area contributed by atoms with Gasteiger partial charge in [-0.2, -0.15) is 0 Å². The zero-order valence-electron chi connectivity index (χ0n) is 14.6. The summed E-state index contributed by atoms with van der Waals surface area (Å²) in [7, 11) is 0. The molecule has 0 saturated carbocycles. The minimum Gasteiger partial charge on any atom is -0.481 e. The third-order valence-electron chi connectivity index (χ3n) is 4.50. The molecule has 0 aliphatic carbocycles. The number of carboxylic acids is 1. The number of likely N-dealkylation sites (tertiary alicyclic amines) is 1. The zero-order chi connectivity index (χ0) is 18.2. The molecule has 1 aromatic rings. The maximum absolute atomic E-state index is 12.8. The van der Waals surface area contributed by atoms with Crippen molar-refractivity contribution in [1.29, 1.82) is 0 Å². The van der Waals surface area contributed by atoms with Gasteiger partial charge in [0.15, 0.2) is 0 Å². The summed E-state index contributed by atoms with van der Waals surface area (Å²) in [6, 6.07) is 8.79. The molecule has 6 heteroatoms. The number of nitrogens with one attached hydrogen (secondary N) is 1. The van der Waals surface area contributed by atoms with Crippen LogP contribution in [0.5, 0.6) is 0 Å². The smallest absolute Gasteiger partial charge is 0.308 e. The summed E-state index contributed by atoms with van der Waals surface area (Å²) in [5, 5.41) is 12.0. The van der Waals surface area contributed by atoms with Crippen molar-refractivity contribution in [2.45, 2.75) is 45.1 Å². The average molecular weight is 346 g/mol. The molecule has 2 rings (SSSR count). The van der Waals surface area contributed by atoms with Gasteiger partial charge in [-0.05, 0) is 24.8 Å². The number of hydrogen-bond donors (Lipinski definition) is 2. The van der Waals surface area contributed by atoms with Crippen LogP contribution < -0.4 is 5.32 Å². The van der Waals surface area contributed by atoms with Crippen molar-refractivity contribution in [3.8, 4) is 0 Å². The van der Waals surface area contributed by atoms with Crippen molar-refractivity contribution >= 4 is 17.8 Å². The maximum Gasteiger partial charge on any atom is 0.308 e. The number of piperidine rings is 1. The second kappa shape index (κ2) is 9.20. The van der Waals surface area contributed by atoms with Crippen molar-refractivity contribution in [3.63, 3.8) is 0 Å². The molecule has 2 unspecified atom stereocenters. The van der Waals surface area contributed by atoms with Gasteiger partial charge in [-0.1, -0.05) is 43.7 Å². The van der Waals surface area contributed by atoms with Crippen LogP contribution in [0.4, 0.5) is 0 Å². The van der Waals surface area contributed by atoms with Gasteiger partial charge in [-0.25, -0.2) is 0 Å². The van der Waals surface area contributed by atoms with Crippen molar-refractivity contribution in [2.75, 3.05) is 13.1 Å². The minimum atomic E-state index is -0.863. The Balaban J connectivity index is 1.97. The molecular weight excluding hydrogens is 320 g/mol. The summed E-state index contributed by atoms with van der Waals surface area (Å²) in [5.74, 6) is -1.74. The Bertz CT molecular complexity index is 603. The Morgan fingerprint density at radius 2 is 2.00 bits per heavy atom. The average Bonchev–Trinajstić information content (AvgIpc) is 2.61. The third kappa shape index (κ3) is 5.59. The molecule has 1 heterocycles. The lowest BCUT2D eigenvalue weighted by Gasteiger charge is -2.33. The van der Waals surface area contributed by atoms with E-state index in [2.05, 4.69) is 5.32 Å². The molecule has 2 amide bonds. The van der Waals surface area contributed by atoms with Crippen LogP contribution in [0.15, 0.2) is 30.3 Å². The summed E-state index contributed by atoms with van der Waals surface area (Å²) in [6.45, 7) is 2.74. The number of rotatable bonds is 7. The van der Waals surface area contributed by atoms with Gasteiger partial charge >= 0.3 is 5.97 Å². The number of nitrogens with zero attached hydrogens (tertiary/aromatic N) is 1. The molecule has 0 radical (unpaired) electrons. The number of carbonyl (C=O) groups is 3. The van der Waals surface area contributed by atoms with Gasteiger partial charge < -0.3 is 15.3 Å². The molecule has 1 aliphatic rings. The lowest BCUT2D eigenvalue weighted by molar-refractivity contribution is -0.147. The van der Waals surface area contributed by atoms with Crippen molar-refractivity contribution in [2.24, 2.45) is 5.92 Å². The number of benzene rings is 1. The van der Waals surface area contributed by atoms with E-state index in [9.17, 15) is 19.5 Å². The molecule has 0 bridgehead atoms. The molecule has 25 heavy (non-hydrogen) atoms. The zero-order valence-corrected chi connectivity index (χ0v) is 14.6. The fraction of sp³-hybridized carbons (Fsp3) is 0.526. The Morgan fingerprint density at radius 1 is 1.28 bits per heavy atom. The fourth-order valence-corrected chi connectivity index (χ4v) is 3.17. The van der Waals surface area contributed by atoms with Crippen LogP contribution in [-0.2, 0) is 20.8 Å². The highest BCUT2D eigenvalue weighted by Crippen LogP contribution is 2.18. The van der Waals surface area contributed by atoms with Crippen molar-refractivity contribution in [1.82, 2.24) is 10.2 Å². The molecule has 1 aromatic carbocycles. The van der Waals surface area contributed by atoms with E-state index in [1.165, 1.54) is 0 Å². The molecule has 1 saturated heterocycles. The highest BCUT2D eigenvalue weighted by molar-refractivity contribution is 5.88. The summed E-state index contributed by atoms with van der Waals surface area (Å²) in [6.07, 6.45) is 2.81. The van der Waals surface area contributed by atoms with E-state index in [4.69, 9.17) is 0 Å². The molecule has 2 atom stereocenters. The van der Waals surface area contributed by atoms with E-state index in [0.29, 0.717) is 25.8 Å². The van der Waals surface area contributed by atoms with Crippen molar-refractivity contribution < 1.29 is 19.5 Å². The van der Waals surface area contributed by atoms with Gasteiger partial charge in [0.05, 0.1) is 12.3 Å². The van der Waals surface area contributed by atoms with Crippen LogP contribution in [0.3, 0.4) is 0 Å². The standard InChI is InChI=1S/C19H26N2O4/c1-2-7-16(20-17(22)12-14-8-4-3-5-9-14)18(23)21-11-6-10-15(13-21)19(24)25/h3-5,8-9,15-16H,2,6-7,10-13H2,1H3,(H,20,22)(H,24,25). The third-order valence-corrected chi connectivity index (χ3v) is 4.50. The van der Waals surface area contributed by atoms with E-state index < -0.39 is 17.9 Å². The van der Waals surface area contributed by atoms with Gasteiger partial charge in [0.25, 0.3) is 0 Å². The van der Waals surface area contributed by atoms with Gasteiger partial charge in [0, 0.05) is 13.1 Å². The van der Waals surface area contributed by atoms with E-state index in [-0.39, 0.29) is 24.8 Å². The first-order valence-electron chi connectivity index (χ1n) is 8.86. The Hall–Kier alpha value is -2.37. The van der Waals surface area contributed by atoms with Gasteiger partial charge in [-0.15, -0.1) is 0 Å². The highest BCUT2D eigenvalue weighted by Gasteiger charge is 2.32. The molecule has 0 spiro atoms. The SMILES string of the molecule is CCCC(NC(=O)Cc1ccccc1)C(=O)N1CCCC(C(=O)O)C1. The Kier molecular flexibility index (Phi) is 6.98. The predicted molar refractivity (Wildman–Crippen MR) is 93.9 cm³/mol. The van der Waals surface area contributed by atoms with Crippen molar-refractivity contribution in [3.05, 3.63) is 35.9 Å². The van der Waals surface area contributed by atoms with E-state index in [1.807, 2.05) is 37.3 Å². The van der Waals surface area contributed by atoms with E-state index in [0.717, 1.165) is 12.0 Å². The van der Waals surface area contributed by atoms with Crippen LogP contribution in [-0.4, -0.2) is 46.9 Å². The number of aliphatic carboxylic acids is 1. The lowest BCUT2D eigenvalue weighted by atomic mass is 9.97. The summed E-state index contributed by atoms with van der Waals surface area (Å²) in [4.78, 5) is 37.8. The lowest BCUT2D eigenvalue weighted by Crippen LogP contribution is -2.52. The van der Waals surface area contributed by atoms with Gasteiger partial charge in [-0.3, -0.25) is 14.4 Å². The molecule has 136 valence electrons. The molecule has 1 fully saturated rings. The first-order valence-corrected chi connectivity index (χ1v) is 8.86. The molecule has 6 nitrogen and oxygen atoms in total. The highest BCUT2D eigenvalue weighted by atomic mass is 16.4. The summed E-state index contributed by atoms with van der Waals surface area (Å²) in [5.41, 5.74) is 0.895. The van der Waals surface area contributed by atoms with Crippen LogP contribution in [0.1, 0.15) is 38.2 Å². The van der Waals surface area contributed by atoms with Crippen LogP contribution in [0.25, 0.3) is 0 Å². The summed E-state index contributed by atoms with van der Waals surface area (Å²) >= 11 is 0. The minimum absolute atomic E-state index is 0.172. The number of hydrogen-bond acceptors (Lipinski definition) is 3. The number of amides is 2. The topological polar surface area (TPSA) is 86.7 Å². The fourth-order valence-electron chi connectivity index (χ4n) is 3.17. The second-order valence-corrected chi connectivity index (χ2v) is 6.53. The summed E-state index contributed by atoms with van der Waals surface area (Å²) < 4.78 is 0. The first kappa shape index (κ1) is 19.0. The Labute approximate surface area is 148 Å². The van der Waals surface area contributed by atoms with E-state index in [1.54, 1.807) is 4.90 Å². The van der Waals surface area contributed by atoms with Crippen LogP contribution in [0.2, 0.25) is 0 Å². The maximum atomic E-state index is 12.8. The largest absolute Gasteiger partial charge is 0.481 e. The molecule has 2 N–H and O–H groups in total. The normalized spacial score (nSPS) is 18.4. The predicted octanol–water partition coefficient (Wildman–Crippen LogP) is 1.84. The molecule has 1 aliphatic heterocycles. The quantitative estimate of drug-likeness (QED) is 0.789. The monoisotopic (exact) mass is 346 g/mol. The molecule has 0 aromatic heterocycles. The Morgan fingerprint density at radius 3 is 2.64 bits per heavy atom. The molecular formula is C19H26N2O4. The van der Waals surface area contributed by atoms with E-state index >= 15 is 0 Å². The van der Waals surface area contributed by atoms with Crippen LogP contribution in [0, 0.1) is 5.92 Å². The first-order chi connectivity index (χ1) is 12.0. The number of carboxylic acid groups (broad SMARTS) is 1. The van der Waals surface area contributed by atoms with Crippen LogP contribution >= 0.6 is 0 Å².